The molecule has 0 spiro atoms. The summed E-state index contributed by atoms with van der Waals surface area (Å²) in [5.74, 6) is 0.478. The molecule has 4 rings (SSSR count). The Bertz CT molecular complexity index is 1150. The van der Waals surface area contributed by atoms with Gasteiger partial charge in [0, 0.05) is 18.3 Å². The van der Waals surface area contributed by atoms with Crippen molar-refractivity contribution in [1.29, 1.82) is 0 Å². The summed E-state index contributed by atoms with van der Waals surface area (Å²) in [6, 6.07) is 14.0. The fourth-order valence-electron chi connectivity index (χ4n) is 2.89. The van der Waals surface area contributed by atoms with Crippen molar-refractivity contribution >= 4 is 22.2 Å². The summed E-state index contributed by atoms with van der Waals surface area (Å²) in [6.45, 7) is 2.37. The zero-order chi connectivity index (χ0) is 20.2. The van der Waals surface area contributed by atoms with Gasteiger partial charge in [-0.25, -0.2) is 8.91 Å². The van der Waals surface area contributed by atoms with Gasteiger partial charge in [-0.3, -0.25) is 4.79 Å². The number of carbonyl (C=O) groups is 1. The second-order valence-electron chi connectivity index (χ2n) is 6.54. The Hall–Kier alpha value is -3.26. The molecule has 0 fully saturated rings. The molecule has 0 radical (unpaired) electrons. The van der Waals surface area contributed by atoms with E-state index >= 15 is 0 Å². The number of thiazole rings is 1. The molecule has 4 aromatic rings. The molecule has 2 aromatic heterocycles. The zero-order valence-electron chi connectivity index (χ0n) is 15.8. The van der Waals surface area contributed by atoms with E-state index in [4.69, 9.17) is 4.74 Å². The average molecular weight is 410 g/mol. The van der Waals surface area contributed by atoms with Gasteiger partial charge in [-0.15, -0.1) is 16.4 Å². The van der Waals surface area contributed by atoms with Gasteiger partial charge in [0.05, 0.1) is 11.3 Å². The van der Waals surface area contributed by atoms with Gasteiger partial charge in [0.15, 0.2) is 12.4 Å². The summed E-state index contributed by atoms with van der Waals surface area (Å²) in [6.07, 6.45) is 0.580. The summed E-state index contributed by atoms with van der Waals surface area (Å²) in [5, 5.41) is 9.20. The van der Waals surface area contributed by atoms with Crippen LogP contribution in [-0.2, 0) is 11.2 Å². The number of hydrogen-bond acceptors (Lipinski definition) is 5. The normalized spacial score (nSPS) is 11.0. The number of amides is 1. The molecule has 0 bridgehead atoms. The first kappa shape index (κ1) is 19.1. The highest BCUT2D eigenvalue weighted by Crippen LogP contribution is 2.23. The summed E-state index contributed by atoms with van der Waals surface area (Å²) >= 11 is 1.43. The summed E-state index contributed by atoms with van der Waals surface area (Å²) in [4.78, 5) is 17.1. The predicted octanol–water partition coefficient (Wildman–Crippen LogP) is 3.64. The maximum atomic E-state index is 14.0. The van der Waals surface area contributed by atoms with Gasteiger partial charge < -0.3 is 10.1 Å². The van der Waals surface area contributed by atoms with Crippen molar-refractivity contribution in [2.24, 2.45) is 0 Å². The minimum Gasteiger partial charge on any atom is -0.484 e. The molecule has 0 aliphatic rings. The van der Waals surface area contributed by atoms with Crippen LogP contribution in [0.4, 0.5) is 4.39 Å². The first-order chi connectivity index (χ1) is 14.1. The Kier molecular flexibility index (Phi) is 5.53. The Morgan fingerprint density at radius 2 is 2.10 bits per heavy atom. The Balaban J connectivity index is 1.34. The van der Waals surface area contributed by atoms with Crippen LogP contribution in [0.25, 0.3) is 16.3 Å². The molecule has 0 aliphatic heterocycles. The monoisotopic (exact) mass is 410 g/mol. The summed E-state index contributed by atoms with van der Waals surface area (Å²) in [5.41, 5.74) is 2.35. The van der Waals surface area contributed by atoms with Crippen LogP contribution in [0.15, 0.2) is 53.9 Å². The topological polar surface area (TPSA) is 68.5 Å². The highest BCUT2D eigenvalue weighted by atomic mass is 32.1. The number of nitrogens with one attached hydrogen (secondary N) is 1. The smallest absolute Gasteiger partial charge is 0.257 e. The molecule has 0 atom stereocenters. The fourth-order valence-corrected chi connectivity index (χ4v) is 3.74. The molecule has 2 heterocycles. The number of rotatable bonds is 7. The van der Waals surface area contributed by atoms with Crippen molar-refractivity contribution in [1.82, 2.24) is 19.9 Å². The van der Waals surface area contributed by atoms with Crippen LogP contribution in [0.5, 0.6) is 5.75 Å². The van der Waals surface area contributed by atoms with Crippen LogP contribution >= 0.6 is 11.3 Å². The molecule has 2 aromatic carbocycles. The number of fused-ring (bicyclic) bond motifs is 1. The lowest BCUT2D eigenvalue weighted by molar-refractivity contribution is -0.123. The van der Waals surface area contributed by atoms with E-state index in [1.807, 2.05) is 36.6 Å². The third kappa shape index (κ3) is 4.43. The average Bonchev–Trinajstić information content (AvgIpc) is 3.28. The Labute approximate surface area is 171 Å². The number of halogens is 1. The van der Waals surface area contributed by atoms with E-state index in [0.29, 0.717) is 35.1 Å². The lowest BCUT2D eigenvalue weighted by Crippen LogP contribution is -2.30. The molecule has 0 saturated heterocycles. The summed E-state index contributed by atoms with van der Waals surface area (Å²) in [7, 11) is 0. The van der Waals surface area contributed by atoms with Crippen molar-refractivity contribution < 1.29 is 13.9 Å². The van der Waals surface area contributed by atoms with E-state index < -0.39 is 0 Å². The maximum Gasteiger partial charge on any atom is 0.257 e. The molecule has 1 N–H and O–H groups in total. The quantitative estimate of drug-likeness (QED) is 0.505. The fraction of sp³-hybridized carbons (Fsp3) is 0.190. The van der Waals surface area contributed by atoms with Gasteiger partial charge in [0.1, 0.15) is 11.6 Å². The van der Waals surface area contributed by atoms with Crippen LogP contribution in [0.3, 0.4) is 0 Å². The van der Waals surface area contributed by atoms with E-state index in [9.17, 15) is 9.18 Å². The molecular formula is C21H19FN4O2S. The van der Waals surface area contributed by atoms with Crippen LogP contribution in [0.2, 0.25) is 0 Å². The van der Waals surface area contributed by atoms with Crippen molar-refractivity contribution in [3.63, 3.8) is 0 Å². The van der Waals surface area contributed by atoms with Crippen LogP contribution in [-0.4, -0.2) is 33.7 Å². The van der Waals surface area contributed by atoms with E-state index in [-0.39, 0.29) is 18.3 Å². The lowest BCUT2D eigenvalue weighted by Gasteiger charge is -2.07. The number of ether oxygens (including phenoxy) is 1. The molecule has 29 heavy (non-hydrogen) atoms. The molecule has 8 heteroatoms. The third-order valence-corrected chi connectivity index (χ3v) is 5.19. The third-order valence-electron chi connectivity index (χ3n) is 4.33. The van der Waals surface area contributed by atoms with Crippen molar-refractivity contribution in [2.45, 2.75) is 13.3 Å². The first-order valence-corrected chi connectivity index (χ1v) is 10.0. The number of hydrogen-bond donors (Lipinski definition) is 1. The maximum absolute atomic E-state index is 14.0. The SMILES string of the molecule is Cc1cccc(OCC(=O)NCCc2csc3nc(-c4ccccc4F)nn23)c1. The van der Waals surface area contributed by atoms with Crippen LogP contribution in [0.1, 0.15) is 11.3 Å². The zero-order valence-corrected chi connectivity index (χ0v) is 16.6. The van der Waals surface area contributed by atoms with Crippen LogP contribution < -0.4 is 10.1 Å². The van der Waals surface area contributed by atoms with Gasteiger partial charge in [-0.05, 0) is 36.8 Å². The van der Waals surface area contributed by atoms with Gasteiger partial charge in [-0.1, -0.05) is 24.3 Å². The molecule has 0 unspecified atom stereocenters. The molecule has 1 amide bonds. The van der Waals surface area contributed by atoms with Gasteiger partial charge in [0.25, 0.3) is 5.91 Å². The standard InChI is InChI=1S/C21H19FN4O2S/c1-14-5-4-6-16(11-14)28-12-19(27)23-10-9-15-13-29-21-24-20(25-26(15)21)17-7-2-3-8-18(17)22/h2-8,11,13H,9-10,12H2,1H3,(H,23,27). The largest absolute Gasteiger partial charge is 0.484 e. The van der Waals surface area contributed by atoms with Gasteiger partial charge in [0.2, 0.25) is 4.96 Å². The van der Waals surface area contributed by atoms with Crippen molar-refractivity contribution in [2.75, 3.05) is 13.2 Å². The molecule has 0 aliphatic carbocycles. The van der Waals surface area contributed by atoms with Crippen molar-refractivity contribution in [3.8, 4) is 17.1 Å². The molecule has 0 saturated carbocycles. The van der Waals surface area contributed by atoms with Gasteiger partial charge >= 0.3 is 0 Å². The number of benzene rings is 2. The lowest BCUT2D eigenvalue weighted by atomic mass is 10.2. The minimum atomic E-state index is -0.354. The van der Waals surface area contributed by atoms with E-state index in [1.54, 1.807) is 22.7 Å². The summed E-state index contributed by atoms with van der Waals surface area (Å²) < 4.78 is 21.2. The van der Waals surface area contributed by atoms with E-state index in [2.05, 4.69) is 15.4 Å². The first-order valence-electron chi connectivity index (χ1n) is 9.14. The molecule has 6 nitrogen and oxygen atoms in total. The van der Waals surface area contributed by atoms with Crippen molar-refractivity contribution in [3.05, 3.63) is 71.0 Å². The van der Waals surface area contributed by atoms with Crippen LogP contribution in [0, 0.1) is 12.7 Å². The van der Waals surface area contributed by atoms with Gasteiger partial charge in [-0.2, -0.15) is 4.98 Å². The second-order valence-corrected chi connectivity index (χ2v) is 7.38. The minimum absolute atomic E-state index is 0.0384. The predicted molar refractivity (Wildman–Crippen MR) is 110 cm³/mol. The Morgan fingerprint density at radius 1 is 1.24 bits per heavy atom. The molecular weight excluding hydrogens is 391 g/mol. The van der Waals surface area contributed by atoms with E-state index in [0.717, 1.165) is 11.3 Å². The highest BCUT2D eigenvalue weighted by molar-refractivity contribution is 7.15. The number of aryl methyl sites for hydroxylation is 1. The number of nitrogens with zero attached hydrogens (tertiary/aromatic N) is 3. The number of aromatic nitrogens is 3. The molecule has 148 valence electrons. The highest BCUT2D eigenvalue weighted by Gasteiger charge is 2.14. The van der Waals surface area contributed by atoms with E-state index in [1.165, 1.54) is 17.4 Å². The Morgan fingerprint density at radius 3 is 2.93 bits per heavy atom. The second kappa shape index (κ2) is 8.40. The number of carbonyl (C=O) groups excluding carboxylic acids is 1.